The molecular formula is C27H34Cl2N8O. The molecule has 5 rings (SSSR count). The summed E-state index contributed by atoms with van der Waals surface area (Å²) in [4.78, 5) is 31.8. The summed E-state index contributed by atoms with van der Waals surface area (Å²) in [5, 5.41) is 1.18. The van der Waals surface area contributed by atoms with E-state index in [1.165, 1.54) is 0 Å². The number of amides is 1. The molecule has 0 saturated carbocycles. The largest absolute Gasteiger partial charge is 0.353 e. The maximum absolute atomic E-state index is 12.2. The zero-order chi connectivity index (χ0) is 26.6. The summed E-state index contributed by atoms with van der Waals surface area (Å²) < 4.78 is 0. The first kappa shape index (κ1) is 26.9. The van der Waals surface area contributed by atoms with E-state index in [0.29, 0.717) is 34.2 Å². The van der Waals surface area contributed by atoms with E-state index in [9.17, 15) is 4.79 Å². The number of benzene rings is 1. The van der Waals surface area contributed by atoms with Crippen molar-refractivity contribution in [3.63, 3.8) is 0 Å². The van der Waals surface area contributed by atoms with Crippen LogP contribution in [0.1, 0.15) is 42.1 Å². The number of piperazine rings is 1. The van der Waals surface area contributed by atoms with Gasteiger partial charge < -0.3 is 9.88 Å². The minimum Gasteiger partial charge on any atom is -0.353 e. The van der Waals surface area contributed by atoms with Crippen LogP contribution in [0.4, 0.5) is 5.82 Å². The number of piperidine rings is 1. The summed E-state index contributed by atoms with van der Waals surface area (Å²) in [6.07, 6.45) is 8.62. The fourth-order valence-corrected chi connectivity index (χ4v) is 6.21. The van der Waals surface area contributed by atoms with Crippen LogP contribution in [-0.2, 0) is 6.54 Å². The van der Waals surface area contributed by atoms with Crippen molar-refractivity contribution in [2.24, 2.45) is 5.84 Å². The number of H-pyrrole nitrogens is 1. The van der Waals surface area contributed by atoms with Crippen LogP contribution in [0, 0.1) is 0 Å². The Morgan fingerprint density at radius 1 is 1.16 bits per heavy atom. The molecule has 0 aliphatic carbocycles. The van der Waals surface area contributed by atoms with Gasteiger partial charge in [0.05, 0.1) is 5.02 Å². The highest BCUT2D eigenvalue weighted by molar-refractivity contribution is 6.33. The Bertz CT molecular complexity index is 1250. The number of nitrogens with one attached hydrogen (secondary N) is 2. The lowest BCUT2D eigenvalue weighted by Crippen LogP contribution is -2.58. The molecule has 11 heteroatoms. The minimum atomic E-state index is -0.314. The molecule has 2 aliphatic heterocycles. The fraction of sp³-hybridized carbons (Fsp3) is 0.444. The van der Waals surface area contributed by atoms with Crippen molar-refractivity contribution in [3.8, 4) is 11.4 Å². The Morgan fingerprint density at radius 3 is 2.66 bits per heavy atom. The number of hydrogen-bond donors (Lipinski definition) is 3. The van der Waals surface area contributed by atoms with Crippen LogP contribution >= 0.6 is 23.2 Å². The van der Waals surface area contributed by atoms with Crippen LogP contribution in [0.25, 0.3) is 11.4 Å². The first-order valence-corrected chi connectivity index (χ1v) is 13.9. The number of aromatic amines is 1. The molecule has 4 heterocycles. The van der Waals surface area contributed by atoms with Crippen molar-refractivity contribution in [1.82, 2.24) is 30.2 Å². The van der Waals surface area contributed by atoms with E-state index in [-0.39, 0.29) is 5.91 Å². The Morgan fingerprint density at radius 2 is 1.97 bits per heavy atom. The third-order valence-electron chi connectivity index (χ3n) is 7.76. The third-order valence-corrected chi connectivity index (χ3v) is 8.27. The van der Waals surface area contributed by atoms with E-state index >= 15 is 0 Å². The van der Waals surface area contributed by atoms with Crippen molar-refractivity contribution >= 4 is 34.9 Å². The SMILES string of the molecule is CC[C@H]1CN(c2ncc(-c3ncc[nH]3)cc2Cl)CCN1C1CCN(Cc2ccc(Cl)cc2C(=O)NN)CC1. The van der Waals surface area contributed by atoms with E-state index in [4.69, 9.17) is 34.0 Å². The lowest BCUT2D eigenvalue weighted by Gasteiger charge is -2.47. The molecule has 1 amide bonds. The monoisotopic (exact) mass is 556 g/mol. The molecule has 202 valence electrons. The number of aromatic nitrogens is 3. The predicted molar refractivity (Wildman–Crippen MR) is 151 cm³/mol. The average Bonchev–Trinajstić information content (AvgIpc) is 3.49. The molecule has 0 spiro atoms. The molecule has 2 fully saturated rings. The highest BCUT2D eigenvalue weighted by Gasteiger charge is 2.34. The molecule has 3 aromatic rings. The molecule has 2 aliphatic rings. The molecule has 4 N–H and O–H groups in total. The average molecular weight is 558 g/mol. The van der Waals surface area contributed by atoms with Crippen molar-refractivity contribution in [2.75, 3.05) is 37.6 Å². The summed E-state index contributed by atoms with van der Waals surface area (Å²) in [6.45, 7) is 7.72. The smallest absolute Gasteiger partial charge is 0.265 e. The molecule has 0 bridgehead atoms. The van der Waals surface area contributed by atoms with Gasteiger partial charge in [0.25, 0.3) is 5.91 Å². The molecule has 2 aromatic heterocycles. The van der Waals surface area contributed by atoms with Gasteiger partial charge in [-0.25, -0.2) is 15.8 Å². The van der Waals surface area contributed by atoms with Crippen LogP contribution < -0.4 is 16.2 Å². The number of carbonyl (C=O) groups is 1. The van der Waals surface area contributed by atoms with Gasteiger partial charge in [-0.05, 0) is 56.1 Å². The minimum absolute atomic E-state index is 0.314. The van der Waals surface area contributed by atoms with Crippen LogP contribution in [0.15, 0.2) is 42.9 Å². The normalized spacial score (nSPS) is 19.6. The number of imidazole rings is 1. The van der Waals surface area contributed by atoms with Gasteiger partial charge in [-0.1, -0.05) is 36.2 Å². The summed E-state index contributed by atoms with van der Waals surface area (Å²) >= 11 is 12.8. The van der Waals surface area contributed by atoms with Crippen molar-refractivity contribution in [1.29, 1.82) is 0 Å². The summed E-state index contributed by atoms with van der Waals surface area (Å²) in [6, 6.07) is 8.36. The van der Waals surface area contributed by atoms with Crippen molar-refractivity contribution in [2.45, 2.75) is 44.8 Å². The number of likely N-dealkylation sites (tertiary alicyclic amines) is 1. The maximum atomic E-state index is 12.2. The summed E-state index contributed by atoms with van der Waals surface area (Å²) in [7, 11) is 0. The Kier molecular flexibility index (Phi) is 8.50. The zero-order valence-corrected chi connectivity index (χ0v) is 23.0. The number of hydrazine groups is 1. The topological polar surface area (TPSA) is 106 Å². The van der Waals surface area contributed by atoms with Gasteiger partial charge >= 0.3 is 0 Å². The van der Waals surface area contributed by atoms with Crippen molar-refractivity contribution < 1.29 is 4.79 Å². The van der Waals surface area contributed by atoms with Gasteiger partial charge in [0.1, 0.15) is 11.6 Å². The van der Waals surface area contributed by atoms with E-state index < -0.39 is 0 Å². The maximum Gasteiger partial charge on any atom is 0.265 e. The predicted octanol–water partition coefficient (Wildman–Crippen LogP) is 3.95. The highest BCUT2D eigenvalue weighted by Crippen LogP contribution is 2.31. The van der Waals surface area contributed by atoms with Gasteiger partial charge in [0, 0.05) is 73.0 Å². The second kappa shape index (κ2) is 12.0. The van der Waals surface area contributed by atoms with Crippen LogP contribution in [0.3, 0.4) is 0 Å². The highest BCUT2D eigenvalue weighted by atomic mass is 35.5. The number of carbonyl (C=O) groups excluding carboxylic acids is 1. The molecule has 38 heavy (non-hydrogen) atoms. The van der Waals surface area contributed by atoms with E-state index in [1.807, 2.05) is 24.4 Å². The summed E-state index contributed by atoms with van der Waals surface area (Å²) in [5.41, 5.74) is 4.60. The van der Waals surface area contributed by atoms with E-state index in [1.54, 1.807) is 18.5 Å². The van der Waals surface area contributed by atoms with Crippen LogP contribution in [0.5, 0.6) is 0 Å². The summed E-state index contributed by atoms with van der Waals surface area (Å²) in [5.74, 6) is 6.68. The molecule has 1 aromatic carbocycles. The third kappa shape index (κ3) is 5.82. The Balaban J connectivity index is 1.19. The number of nitrogens with two attached hydrogens (primary N) is 1. The van der Waals surface area contributed by atoms with Gasteiger partial charge in [-0.15, -0.1) is 0 Å². The van der Waals surface area contributed by atoms with Crippen molar-refractivity contribution in [3.05, 3.63) is 64.0 Å². The number of hydrogen-bond acceptors (Lipinski definition) is 7. The van der Waals surface area contributed by atoms with Gasteiger partial charge in [0.2, 0.25) is 0 Å². The molecule has 0 unspecified atom stereocenters. The first-order chi connectivity index (χ1) is 18.5. The number of halogens is 2. The number of nitrogens with zero attached hydrogens (tertiary/aromatic N) is 5. The Labute approximate surface area is 233 Å². The standard InChI is InChI=1S/C27H34Cl2N8O/c1-2-21-17-36(26-24(29)13-19(15-33-26)25-31-7-8-32-25)11-12-37(21)22-5-9-35(10-6-22)16-18-3-4-20(28)14-23(18)27(38)34-30/h3-4,7-8,13-15,21-22H,2,5-6,9-12,16-17,30H2,1H3,(H,31,32)(H,34,38)/t21-/m0/s1. The zero-order valence-electron chi connectivity index (χ0n) is 21.5. The number of nitrogen functional groups attached to an aromatic ring is 1. The molecule has 1 atom stereocenters. The van der Waals surface area contributed by atoms with Crippen LogP contribution in [-0.4, -0.2) is 75.5 Å². The second-order valence-electron chi connectivity index (χ2n) is 10.00. The van der Waals surface area contributed by atoms with Gasteiger partial charge in [0.15, 0.2) is 0 Å². The number of anilines is 1. The second-order valence-corrected chi connectivity index (χ2v) is 10.8. The number of rotatable bonds is 7. The lowest BCUT2D eigenvalue weighted by molar-refractivity contribution is 0.0609. The molecule has 0 radical (unpaired) electrons. The quantitative estimate of drug-likeness (QED) is 0.230. The van der Waals surface area contributed by atoms with Gasteiger partial charge in [-0.3, -0.25) is 20.0 Å². The fourth-order valence-electron chi connectivity index (χ4n) is 5.75. The van der Waals surface area contributed by atoms with E-state index in [2.05, 4.69) is 37.0 Å². The van der Waals surface area contributed by atoms with Crippen LogP contribution in [0.2, 0.25) is 10.0 Å². The van der Waals surface area contributed by atoms with E-state index in [0.717, 1.165) is 74.8 Å². The molecule has 2 saturated heterocycles. The van der Waals surface area contributed by atoms with Gasteiger partial charge in [-0.2, -0.15) is 0 Å². The number of pyridine rings is 1. The Hall–Kier alpha value is -2.69. The lowest BCUT2D eigenvalue weighted by atomic mass is 9.97. The molecule has 9 nitrogen and oxygen atoms in total. The molecular weight excluding hydrogens is 523 g/mol. The first-order valence-electron chi connectivity index (χ1n) is 13.1.